The number of nitrogens with zero attached hydrogens (tertiary/aromatic N) is 2. The van der Waals surface area contributed by atoms with E-state index in [4.69, 9.17) is 11.6 Å². The molecule has 0 amide bonds. The SMILES string of the molecule is Cc1ncc(I)c(=O)n1CCCCCCCl. The van der Waals surface area contributed by atoms with Crippen LogP contribution in [0.1, 0.15) is 31.5 Å². The molecule has 90 valence electrons. The highest BCUT2D eigenvalue weighted by atomic mass is 127. The lowest BCUT2D eigenvalue weighted by molar-refractivity contribution is 0.551. The average molecular weight is 355 g/mol. The predicted octanol–water partition coefficient (Wildman–Crippen LogP) is 2.96. The van der Waals surface area contributed by atoms with E-state index in [-0.39, 0.29) is 5.56 Å². The lowest BCUT2D eigenvalue weighted by Gasteiger charge is -2.08. The minimum absolute atomic E-state index is 0.0745. The fourth-order valence-electron chi connectivity index (χ4n) is 1.53. The van der Waals surface area contributed by atoms with Crippen LogP contribution in [0.3, 0.4) is 0 Å². The van der Waals surface area contributed by atoms with Crippen LogP contribution in [0.15, 0.2) is 11.0 Å². The van der Waals surface area contributed by atoms with Gasteiger partial charge in [0, 0.05) is 18.6 Å². The summed E-state index contributed by atoms with van der Waals surface area (Å²) in [6.07, 6.45) is 5.94. The first-order valence-corrected chi connectivity index (χ1v) is 7.06. The van der Waals surface area contributed by atoms with Gasteiger partial charge in [-0.2, -0.15) is 0 Å². The van der Waals surface area contributed by atoms with E-state index >= 15 is 0 Å². The van der Waals surface area contributed by atoms with Gasteiger partial charge in [-0.25, -0.2) is 4.98 Å². The molecule has 1 aromatic heterocycles. The molecule has 0 atom stereocenters. The van der Waals surface area contributed by atoms with Crippen LogP contribution in [-0.2, 0) is 6.54 Å². The van der Waals surface area contributed by atoms with E-state index in [1.54, 1.807) is 10.8 Å². The van der Waals surface area contributed by atoms with Gasteiger partial charge in [0.2, 0.25) is 0 Å². The van der Waals surface area contributed by atoms with Crippen LogP contribution >= 0.6 is 34.2 Å². The van der Waals surface area contributed by atoms with E-state index in [0.717, 1.165) is 43.9 Å². The van der Waals surface area contributed by atoms with Crippen LogP contribution in [0, 0.1) is 10.5 Å². The highest BCUT2D eigenvalue weighted by Crippen LogP contribution is 2.04. The van der Waals surface area contributed by atoms with Gasteiger partial charge in [-0.15, -0.1) is 11.6 Å². The van der Waals surface area contributed by atoms with Gasteiger partial charge in [0.25, 0.3) is 5.56 Å². The molecule has 0 aliphatic rings. The van der Waals surface area contributed by atoms with Gasteiger partial charge in [0.05, 0.1) is 3.57 Å². The zero-order valence-corrected chi connectivity index (χ0v) is 12.3. The molecule has 1 rings (SSSR count). The zero-order chi connectivity index (χ0) is 12.0. The van der Waals surface area contributed by atoms with Crippen molar-refractivity contribution in [3.05, 3.63) is 25.9 Å². The number of unbranched alkanes of at least 4 members (excludes halogenated alkanes) is 3. The molecule has 0 saturated carbocycles. The molecule has 0 aliphatic heterocycles. The Balaban J connectivity index is 2.54. The van der Waals surface area contributed by atoms with Crippen molar-refractivity contribution in [2.24, 2.45) is 0 Å². The average Bonchev–Trinajstić information content (AvgIpc) is 2.28. The standard InChI is InChI=1S/C11H16ClIN2O/c1-9-14-8-10(13)11(16)15(9)7-5-3-2-4-6-12/h8H,2-7H2,1H3. The van der Waals surface area contributed by atoms with Crippen molar-refractivity contribution in [3.63, 3.8) is 0 Å². The van der Waals surface area contributed by atoms with Gasteiger partial charge < -0.3 is 0 Å². The summed E-state index contributed by atoms with van der Waals surface area (Å²) in [5, 5.41) is 0. The van der Waals surface area contributed by atoms with Gasteiger partial charge >= 0.3 is 0 Å². The Labute approximate surface area is 114 Å². The molecule has 3 nitrogen and oxygen atoms in total. The molecule has 0 aliphatic carbocycles. The highest BCUT2D eigenvalue weighted by Gasteiger charge is 2.04. The van der Waals surface area contributed by atoms with Crippen LogP contribution in [0.4, 0.5) is 0 Å². The lowest BCUT2D eigenvalue weighted by atomic mass is 10.2. The molecule has 5 heteroatoms. The van der Waals surface area contributed by atoms with Crippen LogP contribution < -0.4 is 5.56 Å². The van der Waals surface area contributed by atoms with Crippen molar-refractivity contribution in [2.75, 3.05) is 5.88 Å². The van der Waals surface area contributed by atoms with Gasteiger partial charge in [0.15, 0.2) is 0 Å². The Morgan fingerprint density at radius 1 is 1.38 bits per heavy atom. The first kappa shape index (κ1) is 14.0. The van der Waals surface area contributed by atoms with E-state index in [0.29, 0.717) is 3.57 Å². The molecule has 0 radical (unpaired) electrons. The maximum Gasteiger partial charge on any atom is 0.266 e. The Hall–Kier alpha value is -0.100. The Morgan fingerprint density at radius 2 is 2.06 bits per heavy atom. The van der Waals surface area contributed by atoms with E-state index in [1.165, 1.54) is 0 Å². The smallest absolute Gasteiger partial charge is 0.266 e. The first-order chi connectivity index (χ1) is 7.66. The summed E-state index contributed by atoms with van der Waals surface area (Å²) in [4.78, 5) is 16.0. The van der Waals surface area contributed by atoms with Gasteiger partial charge in [-0.05, 0) is 42.4 Å². The normalized spacial score (nSPS) is 10.7. The molecule has 0 unspecified atom stereocenters. The van der Waals surface area contributed by atoms with E-state index in [1.807, 2.05) is 29.5 Å². The maximum absolute atomic E-state index is 11.8. The summed E-state index contributed by atoms with van der Waals surface area (Å²) in [5.41, 5.74) is 0.0745. The number of aryl methyl sites for hydroxylation is 1. The van der Waals surface area contributed by atoms with Crippen molar-refractivity contribution in [1.29, 1.82) is 0 Å². The van der Waals surface area contributed by atoms with Crippen molar-refractivity contribution in [3.8, 4) is 0 Å². The van der Waals surface area contributed by atoms with E-state index in [2.05, 4.69) is 4.98 Å². The zero-order valence-electron chi connectivity index (χ0n) is 9.38. The molecular formula is C11H16ClIN2O. The second-order valence-corrected chi connectivity index (χ2v) is 5.25. The van der Waals surface area contributed by atoms with Crippen LogP contribution in [0.5, 0.6) is 0 Å². The predicted molar refractivity (Wildman–Crippen MR) is 75.1 cm³/mol. The number of rotatable bonds is 6. The molecule has 1 aromatic rings. The molecule has 0 bridgehead atoms. The summed E-state index contributed by atoms with van der Waals surface area (Å²) in [7, 11) is 0. The fraction of sp³-hybridized carbons (Fsp3) is 0.636. The van der Waals surface area contributed by atoms with Crippen molar-refractivity contribution in [2.45, 2.75) is 39.2 Å². The minimum Gasteiger partial charge on any atom is -0.296 e. The number of halogens is 2. The lowest BCUT2D eigenvalue weighted by Crippen LogP contribution is -2.25. The van der Waals surface area contributed by atoms with Crippen LogP contribution in [-0.4, -0.2) is 15.4 Å². The quantitative estimate of drug-likeness (QED) is 0.447. The number of hydrogen-bond acceptors (Lipinski definition) is 2. The second-order valence-electron chi connectivity index (χ2n) is 3.71. The molecular weight excluding hydrogens is 338 g/mol. The number of aromatic nitrogens is 2. The van der Waals surface area contributed by atoms with E-state index in [9.17, 15) is 4.79 Å². The van der Waals surface area contributed by atoms with Gasteiger partial charge in [-0.1, -0.05) is 12.8 Å². The Morgan fingerprint density at radius 3 is 2.75 bits per heavy atom. The molecule has 0 aromatic carbocycles. The van der Waals surface area contributed by atoms with E-state index < -0.39 is 0 Å². The summed E-state index contributed by atoms with van der Waals surface area (Å²) in [6, 6.07) is 0. The molecule has 0 spiro atoms. The summed E-state index contributed by atoms with van der Waals surface area (Å²) in [5.74, 6) is 1.52. The molecule has 1 heterocycles. The van der Waals surface area contributed by atoms with Gasteiger partial charge in [0.1, 0.15) is 5.82 Å². The minimum atomic E-state index is 0.0745. The fourth-order valence-corrected chi connectivity index (χ4v) is 2.15. The summed E-state index contributed by atoms with van der Waals surface area (Å²) >= 11 is 7.63. The summed E-state index contributed by atoms with van der Waals surface area (Å²) < 4.78 is 2.44. The topological polar surface area (TPSA) is 34.9 Å². The van der Waals surface area contributed by atoms with Crippen LogP contribution in [0.25, 0.3) is 0 Å². The first-order valence-electron chi connectivity index (χ1n) is 5.44. The monoisotopic (exact) mass is 354 g/mol. The molecule has 0 saturated heterocycles. The van der Waals surface area contributed by atoms with Crippen molar-refractivity contribution >= 4 is 34.2 Å². The third-order valence-electron chi connectivity index (χ3n) is 2.47. The Bertz CT molecular complexity index is 392. The number of alkyl halides is 1. The van der Waals surface area contributed by atoms with Crippen molar-refractivity contribution in [1.82, 2.24) is 9.55 Å². The summed E-state index contributed by atoms with van der Waals surface area (Å²) in [6.45, 7) is 2.63. The maximum atomic E-state index is 11.8. The number of hydrogen-bond donors (Lipinski definition) is 0. The van der Waals surface area contributed by atoms with Gasteiger partial charge in [-0.3, -0.25) is 9.36 Å². The molecule has 16 heavy (non-hydrogen) atoms. The van der Waals surface area contributed by atoms with Crippen molar-refractivity contribution < 1.29 is 0 Å². The van der Waals surface area contributed by atoms with Crippen LogP contribution in [0.2, 0.25) is 0 Å². The largest absolute Gasteiger partial charge is 0.296 e. The Kier molecular flexibility index (Phi) is 6.34. The third-order valence-corrected chi connectivity index (χ3v) is 3.48. The molecule has 0 N–H and O–H groups in total. The molecule has 0 fully saturated rings. The highest BCUT2D eigenvalue weighted by molar-refractivity contribution is 14.1. The third kappa shape index (κ3) is 4.05. The second kappa shape index (κ2) is 7.27.